The van der Waals surface area contributed by atoms with Crippen molar-refractivity contribution in [2.24, 2.45) is 0 Å². The molecule has 0 spiro atoms. The SMILES string of the molecule is O=S(=O)(O)C1CC(OCc2ccccc2)C1.[KH]. The Bertz CT molecular complexity index is 440. The van der Waals surface area contributed by atoms with Gasteiger partial charge in [-0.3, -0.25) is 4.55 Å². The zero-order valence-corrected chi connectivity index (χ0v) is 9.56. The molecule has 2 rings (SSSR count). The molecule has 1 fully saturated rings. The van der Waals surface area contributed by atoms with Crippen LogP contribution in [-0.4, -0.2) is 75.7 Å². The van der Waals surface area contributed by atoms with Gasteiger partial charge in [-0.05, 0) is 18.4 Å². The predicted molar refractivity (Wildman–Crippen MR) is 66.7 cm³/mol. The molecule has 0 radical (unpaired) electrons. The van der Waals surface area contributed by atoms with Crippen molar-refractivity contribution in [1.82, 2.24) is 0 Å². The molecule has 1 aromatic carbocycles. The average Bonchev–Trinajstić information content (AvgIpc) is 2.15. The van der Waals surface area contributed by atoms with Crippen LogP contribution in [0.3, 0.4) is 0 Å². The van der Waals surface area contributed by atoms with Gasteiger partial charge in [-0.1, -0.05) is 30.3 Å². The van der Waals surface area contributed by atoms with Gasteiger partial charge in [-0.25, -0.2) is 0 Å². The summed E-state index contributed by atoms with van der Waals surface area (Å²) in [6.07, 6.45) is 0.740. The molecule has 0 bridgehead atoms. The summed E-state index contributed by atoms with van der Waals surface area (Å²) in [5.41, 5.74) is 1.07. The molecule has 1 aliphatic rings. The van der Waals surface area contributed by atoms with Crippen molar-refractivity contribution < 1.29 is 17.7 Å². The maximum atomic E-state index is 10.7. The summed E-state index contributed by atoms with van der Waals surface area (Å²) >= 11 is 0. The standard InChI is InChI=1S/C11H14O4S.K.H/c12-16(13,14)11-6-10(7-11)15-8-9-4-2-1-3-5-9;;/h1-5,10-11H,6-8H2,(H,12,13,14);;. The third-order valence-electron chi connectivity index (χ3n) is 2.80. The number of hydrogen-bond donors (Lipinski definition) is 1. The number of rotatable bonds is 4. The molecule has 0 atom stereocenters. The van der Waals surface area contributed by atoms with E-state index in [2.05, 4.69) is 0 Å². The van der Waals surface area contributed by atoms with Crippen LogP contribution in [-0.2, 0) is 21.5 Å². The molecule has 0 amide bonds. The topological polar surface area (TPSA) is 63.6 Å². The van der Waals surface area contributed by atoms with Crippen molar-refractivity contribution in [1.29, 1.82) is 0 Å². The number of benzene rings is 1. The summed E-state index contributed by atoms with van der Waals surface area (Å²) in [5, 5.41) is -0.631. The van der Waals surface area contributed by atoms with Gasteiger partial charge in [0.2, 0.25) is 0 Å². The predicted octanol–water partition coefficient (Wildman–Crippen LogP) is 0.973. The molecule has 1 N–H and O–H groups in total. The summed E-state index contributed by atoms with van der Waals surface area (Å²) in [6.45, 7) is 0.490. The van der Waals surface area contributed by atoms with E-state index in [9.17, 15) is 8.42 Å². The van der Waals surface area contributed by atoms with E-state index in [4.69, 9.17) is 9.29 Å². The van der Waals surface area contributed by atoms with Gasteiger partial charge in [-0.2, -0.15) is 8.42 Å². The van der Waals surface area contributed by atoms with Crippen molar-refractivity contribution in [3.63, 3.8) is 0 Å². The first-order valence-electron chi connectivity index (χ1n) is 5.17. The monoisotopic (exact) mass is 282 g/mol. The zero-order chi connectivity index (χ0) is 11.6. The Morgan fingerprint density at radius 1 is 1.24 bits per heavy atom. The third-order valence-corrected chi connectivity index (χ3v) is 4.03. The van der Waals surface area contributed by atoms with E-state index in [1.54, 1.807) is 0 Å². The minimum atomic E-state index is -3.86. The Labute approximate surface area is 144 Å². The quantitative estimate of drug-likeness (QED) is 0.660. The van der Waals surface area contributed by atoms with Crippen LogP contribution >= 0.6 is 0 Å². The Morgan fingerprint density at radius 3 is 2.35 bits per heavy atom. The Balaban J connectivity index is 0.00000144. The van der Waals surface area contributed by atoms with Crippen LogP contribution in [0.25, 0.3) is 0 Å². The molecule has 17 heavy (non-hydrogen) atoms. The molecule has 1 aliphatic carbocycles. The summed E-state index contributed by atoms with van der Waals surface area (Å²) < 4.78 is 35.7. The molecule has 1 aromatic rings. The molecular weight excluding hydrogens is 267 g/mol. The fourth-order valence-corrected chi connectivity index (χ4v) is 2.60. The molecule has 90 valence electrons. The second-order valence-electron chi connectivity index (χ2n) is 4.03. The minimum absolute atomic E-state index is 0. The van der Waals surface area contributed by atoms with E-state index in [-0.39, 0.29) is 57.5 Å². The van der Waals surface area contributed by atoms with Crippen molar-refractivity contribution in [3.05, 3.63) is 35.9 Å². The van der Waals surface area contributed by atoms with Gasteiger partial charge in [-0.15, -0.1) is 0 Å². The van der Waals surface area contributed by atoms with Gasteiger partial charge in [0.05, 0.1) is 18.0 Å². The molecule has 0 aliphatic heterocycles. The Hall–Kier alpha value is 0.726. The second-order valence-corrected chi connectivity index (χ2v) is 5.72. The first-order chi connectivity index (χ1) is 7.55. The van der Waals surface area contributed by atoms with Crippen LogP contribution in [0.5, 0.6) is 0 Å². The van der Waals surface area contributed by atoms with E-state index in [0.717, 1.165) is 5.56 Å². The summed E-state index contributed by atoms with van der Waals surface area (Å²) in [5.74, 6) is 0. The normalized spacial score (nSPS) is 23.6. The third kappa shape index (κ3) is 4.72. The molecule has 0 saturated heterocycles. The first kappa shape index (κ1) is 15.8. The van der Waals surface area contributed by atoms with Crippen LogP contribution in [0.15, 0.2) is 30.3 Å². The van der Waals surface area contributed by atoms with Crippen LogP contribution in [0.2, 0.25) is 0 Å². The summed E-state index contributed by atoms with van der Waals surface area (Å²) in [4.78, 5) is 0. The van der Waals surface area contributed by atoms with Crippen LogP contribution in [0.1, 0.15) is 18.4 Å². The van der Waals surface area contributed by atoms with E-state index in [1.165, 1.54) is 0 Å². The fourth-order valence-electron chi connectivity index (χ4n) is 1.68. The van der Waals surface area contributed by atoms with Gasteiger partial charge < -0.3 is 4.74 Å². The van der Waals surface area contributed by atoms with Gasteiger partial charge in [0.1, 0.15) is 0 Å². The van der Waals surface area contributed by atoms with E-state index < -0.39 is 15.4 Å². The van der Waals surface area contributed by atoms with E-state index >= 15 is 0 Å². The molecule has 0 unspecified atom stereocenters. The zero-order valence-electron chi connectivity index (χ0n) is 8.74. The van der Waals surface area contributed by atoms with E-state index in [0.29, 0.717) is 19.4 Å². The van der Waals surface area contributed by atoms with Gasteiger partial charge in [0, 0.05) is 0 Å². The molecule has 1 saturated carbocycles. The van der Waals surface area contributed by atoms with Gasteiger partial charge in [0.25, 0.3) is 10.1 Å². The van der Waals surface area contributed by atoms with Gasteiger partial charge in [0.15, 0.2) is 0 Å². The van der Waals surface area contributed by atoms with Crippen molar-refractivity contribution >= 4 is 61.5 Å². The van der Waals surface area contributed by atoms with Crippen LogP contribution in [0, 0.1) is 0 Å². The summed E-state index contributed by atoms with van der Waals surface area (Å²) in [7, 11) is -3.86. The number of ether oxygens (including phenoxy) is 1. The van der Waals surface area contributed by atoms with Crippen LogP contribution in [0.4, 0.5) is 0 Å². The van der Waals surface area contributed by atoms with E-state index in [1.807, 2.05) is 30.3 Å². The van der Waals surface area contributed by atoms with Crippen molar-refractivity contribution in [3.8, 4) is 0 Å². The average molecular weight is 282 g/mol. The van der Waals surface area contributed by atoms with Crippen LogP contribution < -0.4 is 0 Å². The Morgan fingerprint density at radius 2 is 1.82 bits per heavy atom. The maximum absolute atomic E-state index is 10.7. The van der Waals surface area contributed by atoms with Crippen molar-refractivity contribution in [2.75, 3.05) is 0 Å². The van der Waals surface area contributed by atoms with Gasteiger partial charge >= 0.3 is 51.4 Å². The molecule has 4 nitrogen and oxygen atoms in total. The second kappa shape index (κ2) is 6.77. The molecular formula is C11H15KO4S. The first-order valence-corrected chi connectivity index (χ1v) is 6.68. The Kier molecular flexibility index (Phi) is 6.28. The molecule has 0 aromatic heterocycles. The van der Waals surface area contributed by atoms with Crippen molar-refractivity contribution in [2.45, 2.75) is 30.8 Å². The fraction of sp³-hybridized carbons (Fsp3) is 0.455. The molecule has 0 heterocycles. The summed E-state index contributed by atoms with van der Waals surface area (Å²) in [6, 6.07) is 9.71. The number of hydrogen-bond acceptors (Lipinski definition) is 3. The molecule has 6 heteroatoms.